The zero-order valence-corrected chi connectivity index (χ0v) is 13.7. The molecule has 5 heteroatoms. The second-order valence-corrected chi connectivity index (χ2v) is 5.68. The summed E-state index contributed by atoms with van der Waals surface area (Å²) in [5.74, 6) is 1.95. The molecule has 1 amide bonds. The number of methoxy groups -OCH3 is 1. The first-order valence-electron chi connectivity index (χ1n) is 8.01. The molecule has 1 heterocycles. The van der Waals surface area contributed by atoms with Crippen molar-refractivity contribution in [2.45, 2.75) is 25.3 Å². The standard InChI is InChI=1S/C19H21NO4/c1-3-10-23-17-8-7-13(12-18(17)22-2)19(21)20-15-5-4-6-16-14(15)9-11-24-16/h3,7-9,11-12,15H,1,4-6,10H2,2H3,(H,20,21). The molecule has 1 aromatic heterocycles. The lowest BCUT2D eigenvalue weighted by atomic mass is 9.93. The van der Waals surface area contributed by atoms with Crippen LogP contribution in [-0.4, -0.2) is 19.6 Å². The number of hydrogen-bond acceptors (Lipinski definition) is 4. The van der Waals surface area contributed by atoms with Crippen LogP contribution in [0.3, 0.4) is 0 Å². The van der Waals surface area contributed by atoms with Crippen molar-refractivity contribution in [1.82, 2.24) is 5.32 Å². The summed E-state index contributed by atoms with van der Waals surface area (Å²) in [5.41, 5.74) is 1.61. The summed E-state index contributed by atoms with van der Waals surface area (Å²) in [6, 6.07) is 7.08. The molecule has 5 nitrogen and oxygen atoms in total. The number of fused-ring (bicyclic) bond motifs is 1. The number of carbonyl (C=O) groups is 1. The van der Waals surface area contributed by atoms with E-state index in [1.165, 1.54) is 0 Å². The molecule has 0 spiro atoms. The molecule has 1 aromatic carbocycles. The number of rotatable bonds is 6. The second kappa shape index (κ2) is 7.25. The maximum Gasteiger partial charge on any atom is 0.251 e. The molecule has 1 aliphatic carbocycles. The van der Waals surface area contributed by atoms with E-state index < -0.39 is 0 Å². The summed E-state index contributed by atoms with van der Waals surface area (Å²) in [4.78, 5) is 12.6. The summed E-state index contributed by atoms with van der Waals surface area (Å²) in [6.45, 7) is 4.00. The lowest BCUT2D eigenvalue weighted by Crippen LogP contribution is -2.30. The minimum atomic E-state index is -0.136. The quantitative estimate of drug-likeness (QED) is 0.823. The molecule has 3 rings (SSSR count). The average molecular weight is 327 g/mol. The second-order valence-electron chi connectivity index (χ2n) is 5.68. The van der Waals surface area contributed by atoms with Gasteiger partial charge in [-0.05, 0) is 37.1 Å². The zero-order chi connectivity index (χ0) is 16.9. The van der Waals surface area contributed by atoms with E-state index in [0.717, 1.165) is 30.6 Å². The molecule has 1 atom stereocenters. The smallest absolute Gasteiger partial charge is 0.251 e. The fourth-order valence-electron chi connectivity index (χ4n) is 2.95. The molecule has 0 radical (unpaired) electrons. The Labute approximate surface area is 141 Å². The van der Waals surface area contributed by atoms with Gasteiger partial charge >= 0.3 is 0 Å². The summed E-state index contributed by atoms with van der Waals surface area (Å²) in [7, 11) is 1.55. The average Bonchev–Trinajstić information content (AvgIpc) is 3.09. The highest BCUT2D eigenvalue weighted by Crippen LogP contribution is 2.32. The van der Waals surface area contributed by atoms with Crippen molar-refractivity contribution < 1.29 is 18.7 Å². The van der Waals surface area contributed by atoms with Crippen molar-refractivity contribution in [2.75, 3.05) is 13.7 Å². The van der Waals surface area contributed by atoms with Crippen molar-refractivity contribution in [2.24, 2.45) is 0 Å². The maximum atomic E-state index is 12.6. The van der Waals surface area contributed by atoms with Gasteiger partial charge in [0, 0.05) is 17.5 Å². The Balaban J connectivity index is 1.75. The van der Waals surface area contributed by atoms with Crippen LogP contribution < -0.4 is 14.8 Å². The van der Waals surface area contributed by atoms with E-state index in [2.05, 4.69) is 11.9 Å². The Morgan fingerprint density at radius 2 is 2.29 bits per heavy atom. The van der Waals surface area contributed by atoms with Crippen LogP contribution in [0.1, 0.15) is 40.6 Å². The number of carbonyl (C=O) groups excluding carboxylic acids is 1. The Bertz CT molecular complexity index is 735. The van der Waals surface area contributed by atoms with Crippen molar-refractivity contribution in [3.63, 3.8) is 0 Å². The minimum absolute atomic E-state index is 0.0114. The lowest BCUT2D eigenvalue weighted by Gasteiger charge is -2.23. The van der Waals surface area contributed by atoms with Gasteiger partial charge in [0.1, 0.15) is 12.4 Å². The molecule has 1 N–H and O–H groups in total. The maximum absolute atomic E-state index is 12.6. The van der Waals surface area contributed by atoms with Gasteiger partial charge in [-0.1, -0.05) is 12.7 Å². The monoisotopic (exact) mass is 327 g/mol. The van der Waals surface area contributed by atoms with E-state index in [0.29, 0.717) is 23.7 Å². The van der Waals surface area contributed by atoms with Crippen molar-refractivity contribution in [3.8, 4) is 11.5 Å². The van der Waals surface area contributed by atoms with Gasteiger partial charge in [-0.25, -0.2) is 0 Å². The highest BCUT2D eigenvalue weighted by Gasteiger charge is 2.24. The molecule has 1 unspecified atom stereocenters. The molecular formula is C19H21NO4. The van der Waals surface area contributed by atoms with Crippen molar-refractivity contribution in [1.29, 1.82) is 0 Å². The normalized spacial score (nSPS) is 16.1. The van der Waals surface area contributed by atoms with E-state index >= 15 is 0 Å². The fraction of sp³-hybridized carbons (Fsp3) is 0.316. The van der Waals surface area contributed by atoms with E-state index in [9.17, 15) is 4.79 Å². The molecule has 24 heavy (non-hydrogen) atoms. The molecular weight excluding hydrogens is 306 g/mol. The third kappa shape index (κ3) is 3.30. The van der Waals surface area contributed by atoms with Crippen LogP contribution in [0, 0.1) is 0 Å². The van der Waals surface area contributed by atoms with Crippen LogP contribution in [0.15, 0.2) is 47.6 Å². The molecule has 1 aliphatic rings. The molecule has 126 valence electrons. The minimum Gasteiger partial charge on any atom is -0.493 e. The fourth-order valence-corrected chi connectivity index (χ4v) is 2.95. The van der Waals surface area contributed by atoms with E-state index in [4.69, 9.17) is 13.9 Å². The van der Waals surface area contributed by atoms with Crippen LogP contribution >= 0.6 is 0 Å². The first-order chi connectivity index (χ1) is 11.7. The molecule has 0 aliphatic heterocycles. The molecule has 0 bridgehead atoms. The van der Waals surface area contributed by atoms with Crippen molar-refractivity contribution in [3.05, 3.63) is 60.1 Å². The number of aryl methyl sites for hydroxylation is 1. The summed E-state index contributed by atoms with van der Waals surface area (Å²) in [6.07, 6.45) is 6.19. The van der Waals surface area contributed by atoms with Gasteiger partial charge in [-0.15, -0.1) is 0 Å². The first-order valence-corrected chi connectivity index (χ1v) is 8.01. The van der Waals surface area contributed by atoms with Gasteiger partial charge in [-0.3, -0.25) is 4.79 Å². The van der Waals surface area contributed by atoms with Gasteiger partial charge in [-0.2, -0.15) is 0 Å². The highest BCUT2D eigenvalue weighted by molar-refractivity contribution is 5.95. The predicted octanol–water partition coefficient (Wildman–Crippen LogP) is 3.66. The largest absolute Gasteiger partial charge is 0.493 e. The van der Waals surface area contributed by atoms with Gasteiger partial charge in [0.05, 0.1) is 19.4 Å². The van der Waals surface area contributed by atoms with Gasteiger partial charge in [0.2, 0.25) is 0 Å². The number of benzene rings is 1. The van der Waals surface area contributed by atoms with Crippen LogP contribution in [0.5, 0.6) is 11.5 Å². The van der Waals surface area contributed by atoms with Gasteiger partial charge in [0.15, 0.2) is 11.5 Å². The number of nitrogens with one attached hydrogen (secondary N) is 1. The zero-order valence-electron chi connectivity index (χ0n) is 13.7. The molecule has 0 fully saturated rings. The number of furan rings is 1. The Morgan fingerprint density at radius 1 is 1.42 bits per heavy atom. The topological polar surface area (TPSA) is 60.7 Å². The predicted molar refractivity (Wildman–Crippen MR) is 90.5 cm³/mol. The van der Waals surface area contributed by atoms with E-state index in [1.807, 2.05) is 6.07 Å². The van der Waals surface area contributed by atoms with Crippen LogP contribution in [0.4, 0.5) is 0 Å². The SMILES string of the molecule is C=CCOc1ccc(C(=O)NC2CCCc3occc32)cc1OC. The Morgan fingerprint density at radius 3 is 3.08 bits per heavy atom. The van der Waals surface area contributed by atoms with Gasteiger partial charge < -0.3 is 19.2 Å². The molecule has 0 saturated heterocycles. The first kappa shape index (κ1) is 16.2. The van der Waals surface area contributed by atoms with E-state index in [-0.39, 0.29) is 11.9 Å². The lowest BCUT2D eigenvalue weighted by molar-refractivity contribution is 0.0932. The van der Waals surface area contributed by atoms with Crippen LogP contribution in [-0.2, 0) is 6.42 Å². The third-order valence-electron chi connectivity index (χ3n) is 4.14. The number of amides is 1. The van der Waals surface area contributed by atoms with Crippen LogP contribution in [0.2, 0.25) is 0 Å². The molecule has 0 saturated carbocycles. The third-order valence-corrected chi connectivity index (χ3v) is 4.14. The summed E-state index contributed by atoms with van der Waals surface area (Å²) < 4.78 is 16.3. The van der Waals surface area contributed by atoms with E-state index in [1.54, 1.807) is 37.6 Å². The Hall–Kier alpha value is -2.69. The number of ether oxygens (including phenoxy) is 2. The summed E-state index contributed by atoms with van der Waals surface area (Å²) in [5, 5.41) is 3.08. The van der Waals surface area contributed by atoms with Crippen molar-refractivity contribution >= 4 is 5.91 Å². The van der Waals surface area contributed by atoms with Crippen LogP contribution in [0.25, 0.3) is 0 Å². The number of hydrogen-bond donors (Lipinski definition) is 1. The molecule has 2 aromatic rings. The summed E-state index contributed by atoms with van der Waals surface area (Å²) >= 11 is 0. The Kier molecular flexibility index (Phi) is 4.89. The van der Waals surface area contributed by atoms with Gasteiger partial charge in [0.25, 0.3) is 5.91 Å². The highest BCUT2D eigenvalue weighted by atomic mass is 16.5.